The zero-order valence-electron chi connectivity index (χ0n) is 13.3. The zero-order valence-corrected chi connectivity index (χ0v) is 13.3. The van der Waals surface area contributed by atoms with Crippen LogP contribution in [0.25, 0.3) is 0 Å². The van der Waals surface area contributed by atoms with Gasteiger partial charge < -0.3 is 10.0 Å². The summed E-state index contributed by atoms with van der Waals surface area (Å²) in [6, 6.07) is 9.64. The Labute approximate surface area is 135 Å². The molecule has 1 aliphatic heterocycles. The van der Waals surface area contributed by atoms with Gasteiger partial charge in [-0.3, -0.25) is 14.4 Å². The molecule has 0 aliphatic carbocycles. The van der Waals surface area contributed by atoms with Gasteiger partial charge in [-0.05, 0) is 12.0 Å². The summed E-state index contributed by atoms with van der Waals surface area (Å²) in [6.07, 6.45) is 3.71. The fraction of sp³-hybridized carbons (Fsp3) is 0.412. The Kier molecular flexibility index (Phi) is 4.73. The molecule has 1 aliphatic rings. The Balaban J connectivity index is 1.51. The maximum Gasteiger partial charge on any atom is 0.241 e. The predicted molar refractivity (Wildman–Crippen MR) is 88.0 cm³/mol. The van der Waals surface area contributed by atoms with Crippen molar-refractivity contribution in [3.63, 3.8) is 0 Å². The first kappa shape index (κ1) is 15.7. The van der Waals surface area contributed by atoms with Crippen LogP contribution in [0.3, 0.4) is 0 Å². The summed E-state index contributed by atoms with van der Waals surface area (Å²) < 4.78 is 1.70. The maximum atomic E-state index is 12.3. The summed E-state index contributed by atoms with van der Waals surface area (Å²) in [5.74, 6) is 0.0819. The van der Waals surface area contributed by atoms with E-state index in [1.165, 1.54) is 0 Å². The molecule has 1 atom stereocenters. The first-order valence-corrected chi connectivity index (χ1v) is 7.88. The average Bonchev–Trinajstić information content (AvgIpc) is 2.99. The van der Waals surface area contributed by atoms with E-state index in [1.807, 2.05) is 43.6 Å². The van der Waals surface area contributed by atoms with Gasteiger partial charge in [0.05, 0.1) is 24.5 Å². The molecule has 0 spiro atoms. The Bertz CT molecular complexity index is 656. The highest BCUT2D eigenvalue weighted by Crippen LogP contribution is 2.19. The lowest BCUT2D eigenvalue weighted by atomic mass is 10.1. The molecule has 122 valence electrons. The Morgan fingerprint density at radius 2 is 2.04 bits per heavy atom. The lowest BCUT2D eigenvalue weighted by Crippen LogP contribution is -2.50. The van der Waals surface area contributed by atoms with Crippen LogP contribution in [0.1, 0.15) is 18.1 Å². The molecule has 1 fully saturated rings. The monoisotopic (exact) mass is 314 g/mol. The molecule has 0 radical (unpaired) electrons. The highest BCUT2D eigenvalue weighted by molar-refractivity contribution is 5.95. The van der Waals surface area contributed by atoms with E-state index in [0.29, 0.717) is 26.1 Å². The Morgan fingerprint density at radius 1 is 1.26 bits per heavy atom. The second kappa shape index (κ2) is 6.93. The van der Waals surface area contributed by atoms with Crippen LogP contribution in [-0.4, -0.2) is 51.9 Å². The molecule has 2 heterocycles. The van der Waals surface area contributed by atoms with E-state index in [0.717, 1.165) is 17.8 Å². The van der Waals surface area contributed by atoms with Crippen LogP contribution in [0, 0.1) is 0 Å². The van der Waals surface area contributed by atoms with Crippen LogP contribution in [0.4, 0.5) is 5.69 Å². The third-order valence-corrected chi connectivity index (χ3v) is 4.21. The van der Waals surface area contributed by atoms with Gasteiger partial charge in [-0.25, -0.2) is 0 Å². The van der Waals surface area contributed by atoms with Crippen LogP contribution in [-0.2, 0) is 11.8 Å². The molecule has 0 bridgehead atoms. The van der Waals surface area contributed by atoms with E-state index < -0.39 is 6.10 Å². The van der Waals surface area contributed by atoms with E-state index in [4.69, 9.17) is 0 Å². The Hall–Kier alpha value is -2.18. The van der Waals surface area contributed by atoms with Crippen molar-refractivity contribution in [2.75, 3.05) is 31.1 Å². The van der Waals surface area contributed by atoms with Crippen molar-refractivity contribution in [1.29, 1.82) is 0 Å². The molecule has 1 saturated heterocycles. The maximum absolute atomic E-state index is 12.3. The van der Waals surface area contributed by atoms with Crippen LogP contribution >= 0.6 is 0 Å². The molecule has 0 unspecified atom stereocenters. The smallest absolute Gasteiger partial charge is 0.241 e. The number of piperazine rings is 1. The number of carbonyl (C=O) groups excluding carboxylic acids is 1. The van der Waals surface area contributed by atoms with Crippen molar-refractivity contribution in [2.45, 2.75) is 12.5 Å². The molecular formula is C17H22N4O2. The standard InChI is InChI=1S/C17H22N4O2/c1-19-12-15(11-18-19)21-10-9-20(13-17(21)23)8-7-16(22)14-5-3-2-4-6-14/h2-6,11-12,16,22H,7-10,13H2,1H3/t16-/m0/s1. The number of aryl methyl sites for hydroxylation is 1. The minimum atomic E-state index is -0.484. The van der Waals surface area contributed by atoms with E-state index >= 15 is 0 Å². The Morgan fingerprint density at radius 3 is 2.70 bits per heavy atom. The second-order valence-corrected chi connectivity index (χ2v) is 5.91. The van der Waals surface area contributed by atoms with Gasteiger partial charge in [-0.2, -0.15) is 5.10 Å². The van der Waals surface area contributed by atoms with Crippen LogP contribution < -0.4 is 4.90 Å². The second-order valence-electron chi connectivity index (χ2n) is 5.91. The lowest BCUT2D eigenvalue weighted by Gasteiger charge is -2.33. The molecule has 3 rings (SSSR count). The quantitative estimate of drug-likeness (QED) is 0.900. The van der Waals surface area contributed by atoms with Crippen molar-refractivity contribution in [3.05, 3.63) is 48.3 Å². The fourth-order valence-electron chi connectivity index (χ4n) is 2.88. The summed E-state index contributed by atoms with van der Waals surface area (Å²) in [6.45, 7) is 2.56. The molecule has 6 heteroatoms. The molecule has 6 nitrogen and oxygen atoms in total. The molecular weight excluding hydrogens is 292 g/mol. The minimum Gasteiger partial charge on any atom is -0.388 e. The molecule has 1 N–H and O–H groups in total. The van der Waals surface area contributed by atoms with Gasteiger partial charge in [-0.1, -0.05) is 30.3 Å². The summed E-state index contributed by atoms with van der Waals surface area (Å²) in [5, 5.41) is 14.3. The number of anilines is 1. The molecule has 2 aromatic rings. The summed E-state index contributed by atoms with van der Waals surface area (Å²) in [4.78, 5) is 16.2. The molecule has 1 amide bonds. The number of aliphatic hydroxyl groups excluding tert-OH is 1. The number of benzene rings is 1. The molecule has 1 aromatic carbocycles. The first-order chi connectivity index (χ1) is 11.1. The van der Waals surface area contributed by atoms with E-state index in [9.17, 15) is 9.90 Å². The normalized spacial score (nSPS) is 17.5. The minimum absolute atomic E-state index is 0.0819. The lowest BCUT2D eigenvalue weighted by molar-refractivity contribution is -0.121. The SMILES string of the molecule is Cn1cc(N2CCN(CC[C@H](O)c3ccccc3)CC2=O)cn1. The third kappa shape index (κ3) is 3.78. The van der Waals surface area contributed by atoms with Gasteiger partial charge in [0.15, 0.2) is 0 Å². The number of aliphatic hydroxyl groups is 1. The summed E-state index contributed by atoms with van der Waals surface area (Å²) in [5.41, 5.74) is 1.77. The van der Waals surface area contributed by atoms with Crippen LogP contribution in [0.2, 0.25) is 0 Å². The van der Waals surface area contributed by atoms with Gasteiger partial charge in [-0.15, -0.1) is 0 Å². The highest BCUT2D eigenvalue weighted by atomic mass is 16.3. The zero-order chi connectivity index (χ0) is 16.2. The molecule has 23 heavy (non-hydrogen) atoms. The number of nitrogens with zero attached hydrogens (tertiary/aromatic N) is 4. The topological polar surface area (TPSA) is 61.6 Å². The van der Waals surface area contributed by atoms with Crippen LogP contribution in [0.5, 0.6) is 0 Å². The van der Waals surface area contributed by atoms with Crippen molar-refractivity contribution in [1.82, 2.24) is 14.7 Å². The number of aromatic nitrogens is 2. The van der Waals surface area contributed by atoms with Gasteiger partial charge in [0.2, 0.25) is 5.91 Å². The van der Waals surface area contributed by atoms with Crippen LogP contribution in [0.15, 0.2) is 42.7 Å². The van der Waals surface area contributed by atoms with E-state index in [1.54, 1.807) is 15.8 Å². The van der Waals surface area contributed by atoms with Crippen molar-refractivity contribution >= 4 is 11.6 Å². The molecule has 0 saturated carbocycles. The molecule has 1 aromatic heterocycles. The highest BCUT2D eigenvalue weighted by Gasteiger charge is 2.26. The van der Waals surface area contributed by atoms with Gasteiger partial charge in [0.1, 0.15) is 0 Å². The number of amides is 1. The van der Waals surface area contributed by atoms with E-state index in [2.05, 4.69) is 10.00 Å². The van der Waals surface area contributed by atoms with Gasteiger partial charge in [0.25, 0.3) is 0 Å². The number of hydrogen-bond donors (Lipinski definition) is 1. The average molecular weight is 314 g/mol. The number of carbonyl (C=O) groups is 1. The van der Waals surface area contributed by atoms with Crippen molar-refractivity contribution < 1.29 is 9.90 Å². The van der Waals surface area contributed by atoms with E-state index in [-0.39, 0.29) is 5.91 Å². The number of hydrogen-bond acceptors (Lipinski definition) is 4. The number of rotatable bonds is 5. The largest absolute Gasteiger partial charge is 0.388 e. The summed E-state index contributed by atoms with van der Waals surface area (Å²) in [7, 11) is 1.84. The first-order valence-electron chi connectivity index (χ1n) is 7.88. The third-order valence-electron chi connectivity index (χ3n) is 4.21. The van der Waals surface area contributed by atoms with Gasteiger partial charge >= 0.3 is 0 Å². The van der Waals surface area contributed by atoms with Crippen molar-refractivity contribution in [3.8, 4) is 0 Å². The fourth-order valence-corrected chi connectivity index (χ4v) is 2.88. The summed E-state index contributed by atoms with van der Waals surface area (Å²) >= 11 is 0. The van der Waals surface area contributed by atoms with Gasteiger partial charge in [0, 0.05) is 32.9 Å². The van der Waals surface area contributed by atoms with Crippen molar-refractivity contribution in [2.24, 2.45) is 7.05 Å². The predicted octanol–water partition coefficient (Wildman–Crippen LogP) is 1.19.